The van der Waals surface area contributed by atoms with E-state index in [1.165, 1.54) is 16.8 Å². The molecule has 0 spiro atoms. The number of hydrogen-bond donors (Lipinski definition) is 3. The van der Waals surface area contributed by atoms with Crippen molar-refractivity contribution in [2.45, 2.75) is 90.6 Å². The van der Waals surface area contributed by atoms with E-state index in [4.69, 9.17) is 19.9 Å². The zero-order valence-electron chi connectivity index (χ0n) is 32.2. The minimum absolute atomic E-state index is 0.0445. The Kier molecular flexibility index (Phi) is 10.8. The van der Waals surface area contributed by atoms with Crippen LogP contribution in [0.1, 0.15) is 77.8 Å². The van der Waals surface area contributed by atoms with E-state index in [1.807, 2.05) is 6.07 Å². The van der Waals surface area contributed by atoms with Gasteiger partial charge in [0.25, 0.3) is 5.56 Å². The summed E-state index contributed by atoms with van der Waals surface area (Å²) in [7, 11) is 1.74. The molecule has 3 aromatic heterocycles. The standard InChI is InChI=1S/C39H44FN9O7/c1-38(2,3)55-30(50)17-28(44-37(53)56-39(4,5)6)34(52)54-20-26-25(32-45-35(41)47-36(46-32)43-24-18-42-48(7)19-24)9-8-10-29(26)49-14-13-22-15-23(21-11-12-21)16-27(40)31(22)33(49)51/h8-10,13-16,18-19,21,28H,11-12,17,20H2,1-7H3,(H,44,53)(H3,41,43,45,46,47)/t28-/m0/s1. The van der Waals surface area contributed by atoms with E-state index in [2.05, 4.69) is 30.7 Å². The number of benzene rings is 2. The predicted molar refractivity (Wildman–Crippen MR) is 205 cm³/mol. The Balaban J connectivity index is 1.42. The molecule has 56 heavy (non-hydrogen) atoms. The molecule has 16 nitrogen and oxygen atoms in total. The molecule has 17 heteroatoms. The van der Waals surface area contributed by atoms with Gasteiger partial charge in [0.1, 0.15) is 29.7 Å². The number of anilines is 3. The summed E-state index contributed by atoms with van der Waals surface area (Å²) in [5.74, 6) is -2.20. The van der Waals surface area contributed by atoms with Crippen molar-refractivity contribution in [3.8, 4) is 17.1 Å². The van der Waals surface area contributed by atoms with Gasteiger partial charge >= 0.3 is 18.0 Å². The average molecular weight is 770 g/mol. The highest BCUT2D eigenvalue weighted by molar-refractivity contribution is 5.87. The highest BCUT2D eigenvalue weighted by atomic mass is 19.1. The van der Waals surface area contributed by atoms with E-state index in [0.717, 1.165) is 18.4 Å². The van der Waals surface area contributed by atoms with Crippen LogP contribution in [0.15, 0.2) is 59.8 Å². The van der Waals surface area contributed by atoms with E-state index < -0.39 is 59.7 Å². The number of nitrogens with two attached hydrogens (primary N) is 1. The van der Waals surface area contributed by atoms with Gasteiger partial charge in [0.2, 0.25) is 11.9 Å². The third-order valence-electron chi connectivity index (χ3n) is 8.42. The summed E-state index contributed by atoms with van der Waals surface area (Å²) in [6, 6.07) is 8.19. The zero-order chi connectivity index (χ0) is 40.5. The molecule has 0 bridgehead atoms. The van der Waals surface area contributed by atoms with Gasteiger partial charge in [-0.25, -0.2) is 14.0 Å². The normalized spacial score (nSPS) is 13.6. The Morgan fingerprint density at radius 2 is 1.75 bits per heavy atom. The van der Waals surface area contributed by atoms with Crippen LogP contribution in [0.3, 0.4) is 0 Å². The molecule has 5 aromatic rings. The highest BCUT2D eigenvalue weighted by Gasteiger charge is 2.31. The zero-order valence-corrected chi connectivity index (χ0v) is 32.2. The van der Waals surface area contributed by atoms with Gasteiger partial charge in [0.05, 0.1) is 29.4 Å². The molecule has 0 saturated heterocycles. The third-order valence-corrected chi connectivity index (χ3v) is 8.42. The lowest BCUT2D eigenvalue weighted by Gasteiger charge is -2.24. The SMILES string of the molecule is Cn1cc(Nc2nc(N)nc(-c3cccc(-n4ccc5cc(C6CC6)cc(F)c5c4=O)c3COC(=O)[C@H](CC(=O)OC(C)(C)C)NC(=O)OC(C)(C)C)n2)cn1. The molecule has 1 aliphatic carbocycles. The topological polar surface area (TPSA) is 207 Å². The quantitative estimate of drug-likeness (QED) is 0.111. The van der Waals surface area contributed by atoms with Gasteiger partial charge in [-0.2, -0.15) is 20.1 Å². The molecule has 0 unspecified atom stereocenters. The Labute approximate surface area is 321 Å². The molecule has 2 aromatic carbocycles. The number of aromatic nitrogens is 6. The number of pyridine rings is 1. The van der Waals surface area contributed by atoms with Gasteiger partial charge in [-0.15, -0.1) is 0 Å². The van der Waals surface area contributed by atoms with Crippen molar-refractivity contribution in [2.24, 2.45) is 7.05 Å². The van der Waals surface area contributed by atoms with Gasteiger partial charge in [-0.05, 0) is 89.5 Å². The largest absolute Gasteiger partial charge is 0.460 e. The number of esters is 2. The molecular weight excluding hydrogens is 725 g/mol. The summed E-state index contributed by atoms with van der Waals surface area (Å²) in [6.45, 7) is 9.39. The molecule has 0 radical (unpaired) electrons. The van der Waals surface area contributed by atoms with E-state index in [1.54, 1.807) is 89.9 Å². The number of carbonyl (C=O) groups is 3. The molecular formula is C39H44FN9O7. The number of halogens is 1. The van der Waals surface area contributed by atoms with E-state index in [0.29, 0.717) is 11.1 Å². The van der Waals surface area contributed by atoms with Crippen LogP contribution in [0.5, 0.6) is 0 Å². The van der Waals surface area contributed by atoms with Gasteiger partial charge < -0.3 is 30.6 Å². The van der Waals surface area contributed by atoms with Gasteiger partial charge in [-0.3, -0.25) is 18.8 Å². The second-order valence-electron chi connectivity index (χ2n) is 15.5. The number of alkyl carbamates (subject to hydrolysis) is 1. The lowest BCUT2D eigenvalue weighted by Crippen LogP contribution is -2.46. The fourth-order valence-electron chi connectivity index (χ4n) is 5.97. The number of ether oxygens (including phenoxy) is 3. The van der Waals surface area contributed by atoms with Crippen molar-refractivity contribution >= 4 is 46.4 Å². The molecule has 4 N–H and O–H groups in total. The maximum Gasteiger partial charge on any atom is 0.408 e. The number of amides is 1. The highest BCUT2D eigenvalue weighted by Crippen LogP contribution is 2.41. The van der Waals surface area contributed by atoms with Gasteiger partial charge in [0, 0.05) is 30.6 Å². The molecule has 1 atom stereocenters. The average Bonchev–Trinajstić information content (AvgIpc) is 3.86. The first-order chi connectivity index (χ1) is 26.3. The molecule has 1 fully saturated rings. The van der Waals surface area contributed by atoms with E-state index >= 15 is 4.39 Å². The summed E-state index contributed by atoms with van der Waals surface area (Å²) in [4.78, 5) is 66.7. The minimum atomic E-state index is -1.53. The summed E-state index contributed by atoms with van der Waals surface area (Å²) in [6.07, 6.45) is 5.15. The maximum absolute atomic E-state index is 15.6. The first kappa shape index (κ1) is 39.3. The monoisotopic (exact) mass is 769 g/mol. The third kappa shape index (κ3) is 9.64. The fraction of sp³-hybridized carbons (Fsp3) is 0.385. The number of rotatable bonds is 11. The van der Waals surface area contributed by atoms with E-state index in [9.17, 15) is 19.2 Å². The summed E-state index contributed by atoms with van der Waals surface area (Å²) < 4.78 is 35.0. The van der Waals surface area contributed by atoms with Crippen molar-refractivity contribution in [2.75, 3.05) is 11.1 Å². The van der Waals surface area contributed by atoms with Gasteiger partial charge in [0.15, 0.2) is 5.82 Å². The maximum atomic E-state index is 15.6. The smallest absolute Gasteiger partial charge is 0.408 e. The number of nitrogen functional groups attached to an aromatic ring is 1. The molecule has 0 aliphatic heterocycles. The summed E-state index contributed by atoms with van der Waals surface area (Å²) in [5.41, 5.74) is 5.78. The van der Waals surface area contributed by atoms with Crippen LogP contribution in [0.2, 0.25) is 0 Å². The summed E-state index contributed by atoms with van der Waals surface area (Å²) >= 11 is 0. The number of aryl methyl sites for hydroxylation is 1. The second-order valence-corrected chi connectivity index (χ2v) is 15.5. The lowest BCUT2D eigenvalue weighted by atomic mass is 10.0. The number of fused-ring (bicyclic) bond motifs is 1. The number of carbonyl (C=O) groups excluding carboxylic acids is 3. The Morgan fingerprint density at radius 1 is 1.02 bits per heavy atom. The Hall–Kier alpha value is -6.39. The van der Waals surface area contributed by atoms with Crippen LogP contribution in [0, 0.1) is 5.82 Å². The molecule has 1 saturated carbocycles. The predicted octanol–water partition coefficient (Wildman–Crippen LogP) is 5.59. The van der Waals surface area contributed by atoms with Crippen LogP contribution < -0.4 is 21.9 Å². The van der Waals surface area contributed by atoms with E-state index in [-0.39, 0.29) is 45.8 Å². The second kappa shape index (κ2) is 15.4. The van der Waals surface area contributed by atoms with Crippen molar-refractivity contribution in [1.82, 2.24) is 34.6 Å². The van der Waals surface area contributed by atoms with Crippen molar-refractivity contribution in [1.29, 1.82) is 0 Å². The van der Waals surface area contributed by atoms with Crippen molar-refractivity contribution in [3.05, 3.63) is 82.3 Å². The first-order valence-corrected chi connectivity index (χ1v) is 18.0. The first-order valence-electron chi connectivity index (χ1n) is 18.0. The van der Waals surface area contributed by atoms with Crippen molar-refractivity contribution in [3.63, 3.8) is 0 Å². The van der Waals surface area contributed by atoms with Crippen LogP contribution in [0.4, 0.5) is 26.8 Å². The van der Waals surface area contributed by atoms with Crippen LogP contribution in [-0.4, -0.2) is 64.6 Å². The Bertz CT molecular complexity index is 2350. The van der Waals surface area contributed by atoms with Crippen LogP contribution in [-0.2, 0) is 37.5 Å². The molecule has 3 heterocycles. The number of nitrogens with zero attached hydrogens (tertiary/aromatic N) is 6. The van der Waals surface area contributed by atoms with Crippen LogP contribution in [0.25, 0.3) is 27.8 Å². The molecule has 294 valence electrons. The molecule has 6 rings (SSSR count). The van der Waals surface area contributed by atoms with Crippen LogP contribution >= 0.6 is 0 Å². The number of hydrogen-bond acceptors (Lipinski definition) is 13. The van der Waals surface area contributed by atoms with Gasteiger partial charge in [-0.1, -0.05) is 18.2 Å². The fourth-order valence-corrected chi connectivity index (χ4v) is 5.97. The minimum Gasteiger partial charge on any atom is -0.460 e. The number of nitrogens with one attached hydrogen (secondary N) is 2. The Morgan fingerprint density at radius 3 is 2.41 bits per heavy atom. The molecule has 1 amide bonds. The van der Waals surface area contributed by atoms with Crippen molar-refractivity contribution < 1.29 is 33.0 Å². The lowest BCUT2D eigenvalue weighted by molar-refractivity contribution is -0.160. The summed E-state index contributed by atoms with van der Waals surface area (Å²) in [5, 5.41) is 9.91. The molecule has 1 aliphatic rings.